The van der Waals surface area contributed by atoms with Gasteiger partial charge in [-0.05, 0) is 38.0 Å². The molecule has 1 aromatic rings. The standard InChI is InChI=1S/C19H28ClN3O6/c1-9(2)15(18(26)23-16(11(4)24)19(27)28)22-17(25)13-6-5-12(20)7-14(13)29-8-10(3)21/h5-7,9-11,15-16,24H,8,21H2,1-4H3,(H,22,25)(H,23,26)(H,27,28)/t10-,11-,15+,16+/m1/s1. The average Bonchev–Trinajstić information content (AvgIpc) is 2.61. The van der Waals surface area contributed by atoms with Crippen molar-refractivity contribution < 1.29 is 29.3 Å². The summed E-state index contributed by atoms with van der Waals surface area (Å²) in [5, 5.41) is 23.9. The summed E-state index contributed by atoms with van der Waals surface area (Å²) < 4.78 is 5.55. The maximum atomic E-state index is 12.8. The molecular weight excluding hydrogens is 402 g/mol. The van der Waals surface area contributed by atoms with E-state index in [-0.39, 0.29) is 29.9 Å². The van der Waals surface area contributed by atoms with Gasteiger partial charge in [0.2, 0.25) is 5.91 Å². The minimum absolute atomic E-state index is 0.152. The number of nitrogens with one attached hydrogen (secondary N) is 2. The molecule has 0 radical (unpaired) electrons. The Kier molecular flexibility index (Phi) is 9.35. The summed E-state index contributed by atoms with van der Waals surface area (Å²) in [5.74, 6) is -2.86. The SMILES string of the molecule is CC(C)[C@H](NC(=O)c1ccc(Cl)cc1OC[C@@H](C)N)C(=O)N[C@H](C(=O)O)[C@@H](C)O. The zero-order chi connectivity index (χ0) is 22.3. The van der Waals surface area contributed by atoms with Crippen LogP contribution in [-0.2, 0) is 9.59 Å². The van der Waals surface area contributed by atoms with Crippen LogP contribution in [0.15, 0.2) is 18.2 Å². The number of hydrogen-bond acceptors (Lipinski definition) is 6. The van der Waals surface area contributed by atoms with E-state index < -0.39 is 36.0 Å². The quantitative estimate of drug-likeness (QED) is 0.368. The summed E-state index contributed by atoms with van der Waals surface area (Å²) in [6.07, 6.45) is -1.31. The second-order valence-corrected chi connectivity index (χ2v) is 7.63. The Hall–Kier alpha value is -2.36. The van der Waals surface area contributed by atoms with Gasteiger partial charge in [0, 0.05) is 11.1 Å². The molecule has 0 aliphatic heterocycles. The normalized spacial score (nSPS) is 15.2. The number of rotatable bonds is 10. The average molecular weight is 430 g/mol. The van der Waals surface area contributed by atoms with E-state index >= 15 is 0 Å². The molecule has 0 fully saturated rings. The Bertz CT molecular complexity index is 739. The van der Waals surface area contributed by atoms with Crippen molar-refractivity contribution in [2.75, 3.05) is 6.61 Å². The van der Waals surface area contributed by atoms with Gasteiger partial charge in [-0.2, -0.15) is 0 Å². The smallest absolute Gasteiger partial charge is 0.328 e. The molecule has 6 N–H and O–H groups in total. The molecule has 0 aromatic heterocycles. The van der Waals surface area contributed by atoms with Crippen LogP contribution in [0.4, 0.5) is 0 Å². The molecule has 10 heteroatoms. The lowest BCUT2D eigenvalue weighted by molar-refractivity contribution is -0.145. The molecule has 0 saturated heterocycles. The monoisotopic (exact) mass is 429 g/mol. The number of ether oxygens (including phenoxy) is 1. The van der Waals surface area contributed by atoms with Gasteiger partial charge in [-0.1, -0.05) is 25.4 Å². The van der Waals surface area contributed by atoms with Crippen molar-refractivity contribution in [1.82, 2.24) is 10.6 Å². The van der Waals surface area contributed by atoms with Crippen molar-refractivity contribution in [2.24, 2.45) is 11.7 Å². The highest BCUT2D eigenvalue weighted by Gasteiger charge is 2.31. The molecule has 0 saturated carbocycles. The van der Waals surface area contributed by atoms with Gasteiger partial charge >= 0.3 is 5.97 Å². The highest BCUT2D eigenvalue weighted by Crippen LogP contribution is 2.24. The van der Waals surface area contributed by atoms with Gasteiger partial charge in [0.25, 0.3) is 5.91 Å². The van der Waals surface area contributed by atoms with Crippen molar-refractivity contribution in [3.8, 4) is 5.75 Å². The molecule has 0 spiro atoms. The molecule has 29 heavy (non-hydrogen) atoms. The van der Waals surface area contributed by atoms with Gasteiger partial charge in [-0.3, -0.25) is 9.59 Å². The van der Waals surface area contributed by atoms with Crippen LogP contribution < -0.4 is 21.1 Å². The number of aliphatic hydroxyl groups excluding tert-OH is 1. The second-order valence-electron chi connectivity index (χ2n) is 7.19. The van der Waals surface area contributed by atoms with Crippen LogP contribution >= 0.6 is 11.6 Å². The zero-order valence-corrected chi connectivity index (χ0v) is 17.6. The van der Waals surface area contributed by atoms with E-state index in [1.54, 1.807) is 20.8 Å². The van der Waals surface area contributed by atoms with Crippen LogP contribution in [0.25, 0.3) is 0 Å². The number of carbonyl (C=O) groups excluding carboxylic acids is 2. The van der Waals surface area contributed by atoms with E-state index in [0.717, 1.165) is 0 Å². The molecule has 162 valence electrons. The van der Waals surface area contributed by atoms with Gasteiger partial charge in [0.05, 0.1) is 11.7 Å². The third-order valence-corrected chi connectivity index (χ3v) is 4.21. The van der Waals surface area contributed by atoms with Gasteiger partial charge < -0.3 is 31.3 Å². The Morgan fingerprint density at radius 3 is 2.24 bits per heavy atom. The van der Waals surface area contributed by atoms with Crippen molar-refractivity contribution in [3.63, 3.8) is 0 Å². The topological polar surface area (TPSA) is 151 Å². The van der Waals surface area contributed by atoms with E-state index in [4.69, 9.17) is 27.2 Å². The predicted octanol–water partition coefficient (Wildman–Crippen LogP) is 0.771. The van der Waals surface area contributed by atoms with Crippen LogP contribution in [0.3, 0.4) is 0 Å². The summed E-state index contributed by atoms with van der Waals surface area (Å²) in [6.45, 7) is 6.53. The van der Waals surface area contributed by atoms with E-state index in [2.05, 4.69) is 10.6 Å². The fourth-order valence-electron chi connectivity index (χ4n) is 2.41. The summed E-state index contributed by atoms with van der Waals surface area (Å²) in [7, 11) is 0. The van der Waals surface area contributed by atoms with Crippen molar-refractivity contribution in [2.45, 2.75) is 51.9 Å². The lowest BCUT2D eigenvalue weighted by Gasteiger charge is -2.25. The van der Waals surface area contributed by atoms with Crippen molar-refractivity contribution in [3.05, 3.63) is 28.8 Å². The first-order valence-corrected chi connectivity index (χ1v) is 9.51. The Morgan fingerprint density at radius 1 is 1.14 bits per heavy atom. The van der Waals surface area contributed by atoms with Gasteiger partial charge in [0.1, 0.15) is 18.4 Å². The van der Waals surface area contributed by atoms with Crippen LogP contribution in [-0.4, -0.2) is 58.8 Å². The predicted molar refractivity (Wildman–Crippen MR) is 108 cm³/mol. The van der Waals surface area contributed by atoms with Crippen LogP contribution in [0.1, 0.15) is 38.1 Å². The third kappa shape index (κ3) is 7.52. The molecule has 1 aromatic carbocycles. The number of carboxylic acid groups (broad SMARTS) is 1. The molecule has 0 aliphatic rings. The second kappa shape index (κ2) is 11.0. The van der Waals surface area contributed by atoms with Crippen LogP contribution in [0, 0.1) is 5.92 Å². The van der Waals surface area contributed by atoms with Crippen LogP contribution in [0.2, 0.25) is 5.02 Å². The number of aliphatic hydroxyl groups is 1. The van der Waals surface area contributed by atoms with Gasteiger partial charge in [-0.15, -0.1) is 0 Å². The molecule has 0 unspecified atom stereocenters. The number of carboxylic acids is 1. The molecule has 2 amide bonds. The van der Waals surface area contributed by atoms with Crippen molar-refractivity contribution in [1.29, 1.82) is 0 Å². The lowest BCUT2D eigenvalue weighted by Crippen LogP contribution is -2.56. The maximum absolute atomic E-state index is 12.8. The van der Waals surface area contributed by atoms with Crippen molar-refractivity contribution >= 4 is 29.4 Å². The molecule has 0 bridgehead atoms. The summed E-state index contributed by atoms with van der Waals surface area (Å²) >= 11 is 5.97. The summed E-state index contributed by atoms with van der Waals surface area (Å²) in [4.78, 5) is 36.6. The molecule has 4 atom stereocenters. The Labute approximate surface area is 174 Å². The van der Waals surface area contributed by atoms with Gasteiger partial charge in [-0.25, -0.2) is 4.79 Å². The maximum Gasteiger partial charge on any atom is 0.328 e. The van der Waals surface area contributed by atoms with Crippen LogP contribution in [0.5, 0.6) is 5.75 Å². The number of aliphatic carboxylic acids is 1. The van der Waals surface area contributed by atoms with Gasteiger partial charge in [0.15, 0.2) is 6.04 Å². The molecule has 0 heterocycles. The first-order chi connectivity index (χ1) is 13.4. The number of benzene rings is 1. The third-order valence-electron chi connectivity index (χ3n) is 3.97. The summed E-state index contributed by atoms with van der Waals surface area (Å²) in [6, 6.07) is 1.62. The van der Waals surface area contributed by atoms with E-state index in [0.29, 0.717) is 5.02 Å². The first-order valence-electron chi connectivity index (χ1n) is 9.14. The zero-order valence-electron chi connectivity index (χ0n) is 16.8. The summed E-state index contributed by atoms with van der Waals surface area (Å²) in [5.41, 5.74) is 5.83. The minimum Gasteiger partial charge on any atom is -0.491 e. The number of hydrogen-bond donors (Lipinski definition) is 5. The highest BCUT2D eigenvalue weighted by molar-refractivity contribution is 6.30. The number of carbonyl (C=O) groups is 3. The molecular formula is C19H28ClN3O6. The Balaban J connectivity index is 3.04. The number of halogens is 1. The molecule has 0 aliphatic carbocycles. The largest absolute Gasteiger partial charge is 0.491 e. The molecule has 9 nitrogen and oxygen atoms in total. The number of amides is 2. The minimum atomic E-state index is -1.50. The van der Waals surface area contributed by atoms with E-state index in [1.807, 2.05) is 0 Å². The van der Waals surface area contributed by atoms with E-state index in [9.17, 15) is 19.5 Å². The molecule has 1 rings (SSSR count). The fourth-order valence-corrected chi connectivity index (χ4v) is 2.57. The lowest BCUT2D eigenvalue weighted by atomic mass is 10.0. The first kappa shape index (κ1) is 24.7. The van der Waals surface area contributed by atoms with E-state index in [1.165, 1.54) is 25.1 Å². The highest BCUT2D eigenvalue weighted by atomic mass is 35.5. The Morgan fingerprint density at radius 2 is 1.76 bits per heavy atom. The number of nitrogens with two attached hydrogens (primary N) is 1. The fraction of sp³-hybridized carbons (Fsp3) is 0.526.